The second kappa shape index (κ2) is 4.56. The van der Waals surface area contributed by atoms with Crippen molar-refractivity contribution in [2.24, 2.45) is 0 Å². The minimum atomic E-state index is 0.102. The molecule has 0 radical (unpaired) electrons. The van der Waals surface area contributed by atoms with Gasteiger partial charge in [-0.2, -0.15) is 0 Å². The molecule has 20 heavy (non-hydrogen) atoms. The Morgan fingerprint density at radius 3 is 3.05 bits per heavy atom. The van der Waals surface area contributed by atoms with Crippen LogP contribution in [0.3, 0.4) is 0 Å². The normalized spacial score (nSPS) is 15.7. The Kier molecular flexibility index (Phi) is 2.70. The van der Waals surface area contributed by atoms with Crippen molar-refractivity contribution in [1.82, 2.24) is 0 Å². The largest absolute Gasteiger partial charge is 0.375 e. The molecule has 0 aliphatic carbocycles. The number of amides is 1. The summed E-state index contributed by atoms with van der Waals surface area (Å²) in [6.45, 7) is 0.778. The maximum Gasteiger partial charge on any atom is 0.258 e. The monoisotopic (exact) mass is 282 g/mol. The van der Waals surface area contributed by atoms with E-state index in [-0.39, 0.29) is 5.91 Å². The summed E-state index contributed by atoms with van der Waals surface area (Å²) in [5.41, 5.74) is 4.23. The lowest BCUT2D eigenvalue weighted by Gasteiger charge is -2.17. The zero-order valence-corrected chi connectivity index (χ0v) is 11.7. The quantitative estimate of drug-likeness (QED) is 0.870. The molecule has 0 saturated heterocycles. The van der Waals surface area contributed by atoms with Crippen LogP contribution in [0.5, 0.6) is 0 Å². The van der Waals surface area contributed by atoms with Crippen LogP contribution in [0.15, 0.2) is 47.4 Å². The molecule has 0 unspecified atom stereocenters. The first-order valence-corrected chi connectivity index (χ1v) is 7.72. The van der Waals surface area contributed by atoms with Crippen molar-refractivity contribution < 1.29 is 4.79 Å². The van der Waals surface area contributed by atoms with E-state index < -0.39 is 0 Å². The van der Waals surface area contributed by atoms with Crippen LogP contribution in [-0.4, -0.2) is 18.3 Å². The van der Waals surface area contributed by atoms with Gasteiger partial charge in [0, 0.05) is 28.4 Å². The molecule has 0 spiro atoms. The fraction of sp³-hybridized carbons (Fsp3) is 0.188. The van der Waals surface area contributed by atoms with E-state index in [1.807, 2.05) is 41.3 Å². The van der Waals surface area contributed by atoms with Crippen LogP contribution in [0.25, 0.3) is 0 Å². The van der Waals surface area contributed by atoms with Gasteiger partial charge in [-0.15, -0.1) is 11.8 Å². The molecule has 2 aliphatic rings. The molecule has 2 aromatic carbocycles. The van der Waals surface area contributed by atoms with E-state index in [1.54, 1.807) is 11.8 Å². The van der Waals surface area contributed by atoms with E-state index in [0.29, 0.717) is 0 Å². The van der Waals surface area contributed by atoms with Crippen molar-refractivity contribution in [3.05, 3.63) is 53.6 Å². The van der Waals surface area contributed by atoms with E-state index in [0.717, 1.165) is 35.8 Å². The molecule has 1 N–H and O–H groups in total. The third-order valence-electron chi connectivity index (χ3n) is 3.85. The summed E-state index contributed by atoms with van der Waals surface area (Å²) in [7, 11) is 0. The molecule has 3 nitrogen and oxygen atoms in total. The van der Waals surface area contributed by atoms with Crippen molar-refractivity contribution in [2.75, 3.05) is 22.6 Å². The number of para-hydroxylation sites is 1. The molecule has 2 heterocycles. The van der Waals surface area contributed by atoms with Crippen molar-refractivity contribution >= 4 is 29.0 Å². The average Bonchev–Trinajstić information content (AvgIpc) is 3.12. The first-order chi connectivity index (χ1) is 9.83. The Bertz CT molecular complexity index is 699. The zero-order chi connectivity index (χ0) is 13.5. The number of carbonyl (C=O) groups is 1. The first kappa shape index (κ1) is 11.9. The maximum atomic E-state index is 12.7. The van der Waals surface area contributed by atoms with Crippen LogP contribution >= 0.6 is 11.8 Å². The summed E-state index contributed by atoms with van der Waals surface area (Å²) in [6.07, 6.45) is 0.948. The van der Waals surface area contributed by atoms with Crippen LogP contribution in [0, 0.1) is 0 Å². The van der Waals surface area contributed by atoms with Crippen molar-refractivity contribution in [1.29, 1.82) is 0 Å². The van der Waals surface area contributed by atoms with Gasteiger partial charge >= 0.3 is 0 Å². The summed E-state index contributed by atoms with van der Waals surface area (Å²) >= 11 is 1.75. The molecule has 0 fully saturated rings. The predicted octanol–water partition coefficient (Wildman–Crippen LogP) is 3.36. The Morgan fingerprint density at radius 1 is 1.20 bits per heavy atom. The number of fused-ring (bicyclic) bond motifs is 2. The number of hydrogen-bond acceptors (Lipinski definition) is 3. The first-order valence-electron chi connectivity index (χ1n) is 6.73. The molecule has 4 rings (SSSR count). The van der Waals surface area contributed by atoms with Gasteiger partial charge in [0.15, 0.2) is 0 Å². The van der Waals surface area contributed by atoms with Crippen LogP contribution in [-0.2, 0) is 6.42 Å². The van der Waals surface area contributed by atoms with Gasteiger partial charge in [-0.3, -0.25) is 4.79 Å². The zero-order valence-electron chi connectivity index (χ0n) is 10.9. The topological polar surface area (TPSA) is 32.3 Å². The number of carbonyl (C=O) groups excluding carboxylic acids is 1. The summed E-state index contributed by atoms with van der Waals surface area (Å²) in [5, 5.41) is 3.29. The number of nitrogens with one attached hydrogen (secondary N) is 1. The molecule has 0 atom stereocenters. The van der Waals surface area contributed by atoms with E-state index in [9.17, 15) is 4.79 Å². The van der Waals surface area contributed by atoms with E-state index in [2.05, 4.69) is 11.4 Å². The molecule has 4 heteroatoms. The van der Waals surface area contributed by atoms with Gasteiger partial charge in [0.1, 0.15) is 0 Å². The minimum Gasteiger partial charge on any atom is -0.375 e. The van der Waals surface area contributed by atoms with E-state index in [1.165, 1.54) is 10.5 Å². The van der Waals surface area contributed by atoms with Crippen molar-refractivity contribution in [2.45, 2.75) is 11.3 Å². The lowest BCUT2D eigenvalue weighted by Crippen LogP contribution is -2.28. The predicted molar refractivity (Wildman–Crippen MR) is 82.6 cm³/mol. The standard InChI is InChI=1S/C16H14N2OS/c19-16(12-5-6-13-15(9-12)20-10-17-13)18-8-7-11-3-1-2-4-14(11)18/h1-6,9,17H,7-8,10H2. The number of benzene rings is 2. The third-order valence-corrected chi connectivity index (χ3v) is 4.79. The second-order valence-corrected chi connectivity index (χ2v) is 6.03. The van der Waals surface area contributed by atoms with E-state index >= 15 is 0 Å². The highest BCUT2D eigenvalue weighted by Gasteiger charge is 2.25. The molecule has 0 aromatic heterocycles. The molecular formula is C16H14N2OS. The summed E-state index contributed by atoms with van der Waals surface area (Å²) in [6, 6.07) is 14.1. The van der Waals surface area contributed by atoms with Crippen LogP contribution in [0.2, 0.25) is 0 Å². The number of nitrogens with zero attached hydrogens (tertiary/aromatic N) is 1. The van der Waals surface area contributed by atoms with Gasteiger partial charge in [0.25, 0.3) is 5.91 Å². The lowest BCUT2D eigenvalue weighted by atomic mass is 10.1. The smallest absolute Gasteiger partial charge is 0.258 e. The number of rotatable bonds is 1. The van der Waals surface area contributed by atoms with Gasteiger partial charge in [0.2, 0.25) is 0 Å². The fourth-order valence-corrected chi connectivity index (χ4v) is 3.71. The summed E-state index contributed by atoms with van der Waals surface area (Å²) < 4.78 is 0. The highest BCUT2D eigenvalue weighted by atomic mass is 32.2. The Labute approximate surface area is 122 Å². The Hall–Kier alpha value is -1.94. The third kappa shape index (κ3) is 1.79. The van der Waals surface area contributed by atoms with Crippen LogP contribution in [0.4, 0.5) is 11.4 Å². The van der Waals surface area contributed by atoms with Gasteiger partial charge in [-0.1, -0.05) is 18.2 Å². The van der Waals surface area contributed by atoms with Gasteiger partial charge < -0.3 is 10.2 Å². The van der Waals surface area contributed by atoms with Crippen molar-refractivity contribution in [3.8, 4) is 0 Å². The van der Waals surface area contributed by atoms with Gasteiger partial charge in [-0.05, 0) is 36.2 Å². The SMILES string of the molecule is O=C(c1ccc2c(c1)SCN2)N1CCc2ccccc21. The lowest BCUT2D eigenvalue weighted by molar-refractivity contribution is 0.0989. The van der Waals surface area contributed by atoms with Crippen LogP contribution < -0.4 is 10.2 Å². The minimum absolute atomic E-state index is 0.102. The maximum absolute atomic E-state index is 12.7. The average molecular weight is 282 g/mol. The number of hydrogen-bond donors (Lipinski definition) is 1. The highest BCUT2D eigenvalue weighted by molar-refractivity contribution is 7.99. The van der Waals surface area contributed by atoms with Crippen molar-refractivity contribution in [3.63, 3.8) is 0 Å². The van der Waals surface area contributed by atoms with Crippen LogP contribution in [0.1, 0.15) is 15.9 Å². The molecule has 2 aromatic rings. The fourth-order valence-electron chi connectivity index (χ4n) is 2.82. The number of thioether (sulfide) groups is 1. The highest BCUT2D eigenvalue weighted by Crippen LogP contribution is 2.35. The number of anilines is 2. The van der Waals surface area contributed by atoms with E-state index in [4.69, 9.17) is 0 Å². The molecular weight excluding hydrogens is 268 g/mol. The molecule has 100 valence electrons. The molecule has 2 aliphatic heterocycles. The molecule has 0 saturated carbocycles. The van der Waals surface area contributed by atoms with Gasteiger partial charge in [0.05, 0.1) is 5.88 Å². The Morgan fingerprint density at radius 2 is 2.10 bits per heavy atom. The van der Waals surface area contributed by atoms with Gasteiger partial charge in [-0.25, -0.2) is 0 Å². The molecule has 0 bridgehead atoms. The molecule has 1 amide bonds. The summed E-state index contributed by atoms with van der Waals surface area (Å²) in [4.78, 5) is 15.8. The Balaban J connectivity index is 1.68. The second-order valence-electron chi connectivity index (χ2n) is 5.01. The summed E-state index contributed by atoms with van der Waals surface area (Å²) in [5.74, 6) is 0.991.